The largest absolute Gasteiger partial charge is 0.493 e. The number of hydrogen-bond donors (Lipinski definition) is 1. The number of amides is 2. The molecule has 2 amide bonds. The number of piperidine rings is 1. The lowest BCUT2D eigenvalue weighted by atomic mass is 10.1. The van der Waals surface area contributed by atoms with Crippen LogP contribution in [0.1, 0.15) is 19.3 Å². The molecule has 1 aliphatic heterocycles. The molecule has 1 aliphatic rings. The van der Waals surface area contributed by atoms with E-state index in [1.54, 1.807) is 30.2 Å². The van der Waals surface area contributed by atoms with E-state index in [4.69, 9.17) is 9.47 Å². The summed E-state index contributed by atoms with van der Waals surface area (Å²) >= 11 is 0. The van der Waals surface area contributed by atoms with E-state index in [0.29, 0.717) is 11.5 Å². The van der Waals surface area contributed by atoms with Crippen LogP contribution in [-0.2, 0) is 9.59 Å². The SMILES string of the molecule is COc1ccccc1OCC(=O)NCC(=O)N1CCCCC1. The van der Waals surface area contributed by atoms with Crippen molar-refractivity contribution in [2.24, 2.45) is 0 Å². The highest BCUT2D eigenvalue weighted by Crippen LogP contribution is 2.25. The van der Waals surface area contributed by atoms with Crippen molar-refractivity contribution < 1.29 is 19.1 Å². The Morgan fingerprint density at radius 3 is 2.50 bits per heavy atom. The molecule has 0 radical (unpaired) electrons. The molecule has 0 bridgehead atoms. The lowest BCUT2D eigenvalue weighted by molar-refractivity contribution is -0.134. The minimum Gasteiger partial charge on any atom is -0.493 e. The maximum atomic E-state index is 11.9. The summed E-state index contributed by atoms with van der Waals surface area (Å²) in [5.74, 6) is 0.712. The third-order valence-corrected chi connectivity index (χ3v) is 3.57. The monoisotopic (exact) mass is 306 g/mol. The zero-order valence-corrected chi connectivity index (χ0v) is 12.8. The summed E-state index contributed by atoms with van der Waals surface area (Å²) in [6.07, 6.45) is 3.25. The molecule has 22 heavy (non-hydrogen) atoms. The van der Waals surface area contributed by atoms with Crippen LogP contribution in [0.3, 0.4) is 0 Å². The Balaban J connectivity index is 1.72. The molecule has 1 aromatic rings. The van der Waals surface area contributed by atoms with Crippen molar-refractivity contribution in [3.63, 3.8) is 0 Å². The van der Waals surface area contributed by atoms with Crippen molar-refractivity contribution >= 4 is 11.8 Å². The first-order valence-electron chi connectivity index (χ1n) is 7.51. The number of carbonyl (C=O) groups is 2. The molecular formula is C16H22N2O4. The molecule has 0 atom stereocenters. The molecule has 1 N–H and O–H groups in total. The van der Waals surface area contributed by atoms with Gasteiger partial charge in [-0.1, -0.05) is 12.1 Å². The van der Waals surface area contributed by atoms with Gasteiger partial charge in [0.05, 0.1) is 13.7 Å². The predicted octanol–water partition coefficient (Wildman–Crippen LogP) is 1.20. The van der Waals surface area contributed by atoms with E-state index in [0.717, 1.165) is 25.9 Å². The number of hydrogen-bond acceptors (Lipinski definition) is 4. The second-order valence-corrected chi connectivity index (χ2v) is 5.16. The molecule has 1 aromatic carbocycles. The summed E-state index contributed by atoms with van der Waals surface area (Å²) < 4.78 is 10.5. The summed E-state index contributed by atoms with van der Waals surface area (Å²) in [7, 11) is 1.54. The van der Waals surface area contributed by atoms with E-state index in [1.165, 1.54) is 6.42 Å². The molecule has 0 spiro atoms. The standard InChI is InChI=1S/C16H22N2O4/c1-21-13-7-3-4-8-14(13)22-12-15(19)17-11-16(20)18-9-5-2-6-10-18/h3-4,7-8H,2,5-6,9-12H2,1H3,(H,17,19). The fraction of sp³-hybridized carbons (Fsp3) is 0.500. The minimum absolute atomic E-state index is 0.0219. The van der Waals surface area contributed by atoms with E-state index >= 15 is 0 Å². The molecule has 1 fully saturated rings. The van der Waals surface area contributed by atoms with Gasteiger partial charge in [-0.25, -0.2) is 0 Å². The molecule has 0 aromatic heterocycles. The van der Waals surface area contributed by atoms with Crippen LogP contribution in [-0.4, -0.2) is 50.1 Å². The highest BCUT2D eigenvalue weighted by Gasteiger charge is 2.17. The second-order valence-electron chi connectivity index (χ2n) is 5.16. The quantitative estimate of drug-likeness (QED) is 0.857. The average Bonchev–Trinajstić information content (AvgIpc) is 2.58. The van der Waals surface area contributed by atoms with E-state index in [9.17, 15) is 9.59 Å². The average molecular weight is 306 g/mol. The summed E-state index contributed by atoms with van der Waals surface area (Å²) in [6.45, 7) is 1.45. The van der Waals surface area contributed by atoms with Crippen molar-refractivity contribution in [1.29, 1.82) is 0 Å². The number of rotatable bonds is 6. The molecule has 0 saturated carbocycles. The Kier molecular flexibility index (Phi) is 6.06. The molecule has 1 heterocycles. The van der Waals surface area contributed by atoms with Gasteiger partial charge in [0, 0.05) is 13.1 Å². The van der Waals surface area contributed by atoms with Gasteiger partial charge in [0.2, 0.25) is 5.91 Å². The molecule has 1 saturated heterocycles. The van der Waals surface area contributed by atoms with Crippen LogP contribution in [0.5, 0.6) is 11.5 Å². The third kappa shape index (κ3) is 4.65. The maximum absolute atomic E-state index is 11.9. The zero-order valence-electron chi connectivity index (χ0n) is 12.8. The first-order chi connectivity index (χ1) is 10.7. The first kappa shape index (κ1) is 16.1. The number of nitrogens with zero attached hydrogens (tertiary/aromatic N) is 1. The molecule has 120 valence electrons. The molecule has 2 rings (SSSR count). The number of carbonyl (C=O) groups excluding carboxylic acids is 2. The Hall–Kier alpha value is -2.24. The lowest BCUT2D eigenvalue weighted by Gasteiger charge is -2.26. The predicted molar refractivity (Wildman–Crippen MR) is 81.9 cm³/mol. The first-order valence-corrected chi connectivity index (χ1v) is 7.51. The Morgan fingerprint density at radius 2 is 1.82 bits per heavy atom. The van der Waals surface area contributed by atoms with Crippen molar-refractivity contribution in [1.82, 2.24) is 10.2 Å². The van der Waals surface area contributed by atoms with Crippen LogP contribution in [0.2, 0.25) is 0 Å². The topological polar surface area (TPSA) is 67.9 Å². The molecule has 6 heteroatoms. The summed E-state index contributed by atoms with van der Waals surface area (Å²) in [4.78, 5) is 25.5. The molecule has 0 unspecified atom stereocenters. The summed E-state index contributed by atoms with van der Waals surface area (Å²) in [5.41, 5.74) is 0. The van der Waals surface area contributed by atoms with Gasteiger partial charge in [-0.05, 0) is 31.4 Å². The van der Waals surface area contributed by atoms with Crippen LogP contribution >= 0.6 is 0 Å². The number of para-hydroxylation sites is 2. The molecule has 6 nitrogen and oxygen atoms in total. The highest BCUT2D eigenvalue weighted by atomic mass is 16.5. The number of likely N-dealkylation sites (tertiary alicyclic amines) is 1. The van der Waals surface area contributed by atoms with Gasteiger partial charge in [0.1, 0.15) is 0 Å². The number of benzene rings is 1. The van der Waals surface area contributed by atoms with Gasteiger partial charge in [0.25, 0.3) is 5.91 Å². The van der Waals surface area contributed by atoms with Crippen molar-refractivity contribution in [2.75, 3.05) is 33.4 Å². The zero-order chi connectivity index (χ0) is 15.8. The second kappa shape index (κ2) is 8.26. The summed E-state index contributed by atoms with van der Waals surface area (Å²) in [6, 6.07) is 7.11. The van der Waals surface area contributed by atoms with Crippen LogP contribution in [0.25, 0.3) is 0 Å². The number of ether oxygens (including phenoxy) is 2. The van der Waals surface area contributed by atoms with Gasteiger partial charge < -0.3 is 19.7 Å². The fourth-order valence-electron chi connectivity index (χ4n) is 2.36. The van der Waals surface area contributed by atoms with E-state index < -0.39 is 0 Å². The lowest BCUT2D eigenvalue weighted by Crippen LogP contribution is -2.43. The van der Waals surface area contributed by atoms with Gasteiger partial charge in [-0.2, -0.15) is 0 Å². The van der Waals surface area contributed by atoms with Crippen LogP contribution in [0.15, 0.2) is 24.3 Å². The molecular weight excluding hydrogens is 284 g/mol. The maximum Gasteiger partial charge on any atom is 0.258 e. The molecule has 0 aliphatic carbocycles. The van der Waals surface area contributed by atoms with Gasteiger partial charge >= 0.3 is 0 Å². The van der Waals surface area contributed by atoms with Crippen molar-refractivity contribution in [3.8, 4) is 11.5 Å². The van der Waals surface area contributed by atoms with Crippen molar-refractivity contribution in [2.45, 2.75) is 19.3 Å². The van der Waals surface area contributed by atoms with E-state index in [2.05, 4.69) is 5.32 Å². The third-order valence-electron chi connectivity index (χ3n) is 3.57. The highest BCUT2D eigenvalue weighted by molar-refractivity contribution is 5.85. The van der Waals surface area contributed by atoms with Gasteiger partial charge in [0.15, 0.2) is 18.1 Å². The summed E-state index contributed by atoms with van der Waals surface area (Å²) in [5, 5.41) is 2.59. The number of methoxy groups -OCH3 is 1. The Bertz CT molecular complexity index is 513. The normalized spacial score (nSPS) is 14.3. The Morgan fingerprint density at radius 1 is 1.14 bits per heavy atom. The van der Waals surface area contributed by atoms with Crippen LogP contribution < -0.4 is 14.8 Å². The van der Waals surface area contributed by atoms with Crippen LogP contribution in [0.4, 0.5) is 0 Å². The van der Waals surface area contributed by atoms with E-state index in [-0.39, 0.29) is 25.0 Å². The fourth-order valence-corrected chi connectivity index (χ4v) is 2.36. The minimum atomic E-state index is -0.323. The van der Waals surface area contributed by atoms with Crippen LogP contribution in [0, 0.1) is 0 Å². The van der Waals surface area contributed by atoms with E-state index in [1.807, 2.05) is 6.07 Å². The smallest absolute Gasteiger partial charge is 0.258 e. The van der Waals surface area contributed by atoms with Gasteiger partial charge in [-0.15, -0.1) is 0 Å². The number of nitrogens with one attached hydrogen (secondary N) is 1. The van der Waals surface area contributed by atoms with Gasteiger partial charge in [-0.3, -0.25) is 9.59 Å². The van der Waals surface area contributed by atoms with Crippen molar-refractivity contribution in [3.05, 3.63) is 24.3 Å². The Labute approximate surface area is 130 Å².